The van der Waals surface area contributed by atoms with E-state index in [1.807, 2.05) is 0 Å². The lowest BCUT2D eigenvalue weighted by molar-refractivity contribution is -0.147. The molecular weight excluding hydrogens is 697 g/mol. The van der Waals surface area contributed by atoms with Gasteiger partial charge in [0.15, 0.2) is 6.04 Å². The standard InChI is InChI=1S/C41H70NO10P/c1-3-5-7-9-11-13-15-16-17-18-19-20-21-22-23-24-26-28-30-32-39(44)42-38(41(46)47)36-52-53(48,49)51-35-37(43)34-50-40(45)33-31-29-27-25-14-12-10-8-6-4-2/h5,7,11,13,16-17,19-20,22-23,37-38,43H,3-4,6,8-10,12,14-15,18,21,24-36H2,1-2H3,(H,42,44)(H,46,47)(H,48,49)/b7-5-,13-11-,17-16-,20-19-,23-22-. The SMILES string of the molecule is CC/C=C\C/C=C\C/C=C\C/C=C\C/C=C\CCCCCC(=O)NC(COP(=O)(O)OCC(O)COC(=O)CCCCCCCCCCCC)C(=O)O. The Morgan fingerprint density at radius 2 is 1.09 bits per heavy atom. The van der Waals surface area contributed by atoms with Gasteiger partial charge in [-0.05, 0) is 57.8 Å². The van der Waals surface area contributed by atoms with Gasteiger partial charge in [-0.3, -0.25) is 18.6 Å². The van der Waals surface area contributed by atoms with Crippen LogP contribution < -0.4 is 5.32 Å². The molecule has 0 aromatic carbocycles. The number of carbonyl (C=O) groups is 3. The van der Waals surface area contributed by atoms with Crippen LogP contribution in [0.25, 0.3) is 0 Å². The molecule has 0 aromatic heterocycles. The van der Waals surface area contributed by atoms with Crippen molar-refractivity contribution in [2.24, 2.45) is 0 Å². The van der Waals surface area contributed by atoms with Crippen molar-refractivity contribution in [1.82, 2.24) is 5.32 Å². The first-order chi connectivity index (χ1) is 25.6. The van der Waals surface area contributed by atoms with Gasteiger partial charge in [-0.2, -0.15) is 0 Å². The number of carboxylic acid groups (broad SMARTS) is 1. The minimum atomic E-state index is -4.76. The summed E-state index contributed by atoms with van der Waals surface area (Å²) in [5.41, 5.74) is 0. The second-order valence-electron chi connectivity index (χ2n) is 13.1. The van der Waals surface area contributed by atoms with Crippen molar-refractivity contribution in [2.75, 3.05) is 19.8 Å². The van der Waals surface area contributed by atoms with Crippen LogP contribution in [0.15, 0.2) is 60.8 Å². The molecule has 53 heavy (non-hydrogen) atoms. The molecule has 4 N–H and O–H groups in total. The highest BCUT2D eigenvalue weighted by molar-refractivity contribution is 7.47. The van der Waals surface area contributed by atoms with Gasteiger partial charge in [-0.15, -0.1) is 0 Å². The number of unbranched alkanes of at least 4 members (excludes halogenated alkanes) is 12. The van der Waals surface area contributed by atoms with Gasteiger partial charge >= 0.3 is 19.8 Å². The maximum atomic E-state index is 12.3. The molecule has 0 radical (unpaired) electrons. The Morgan fingerprint density at radius 3 is 1.64 bits per heavy atom. The first kappa shape index (κ1) is 50.2. The fourth-order valence-electron chi connectivity index (χ4n) is 4.99. The van der Waals surface area contributed by atoms with Gasteiger partial charge in [-0.25, -0.2) is 9.36 Å². The van der Waals surface area contributed by atoms with Crippen LogP contribution in [0, 0.1) is 0 Å². The van der Waals surface area contributed by atoms with Gasteiger partial charge in [0.05, 0.1) is 13.2 Å². The second-order valence-corrected chi connectivity index (χ2v) is 14.5. The highest BCUT2D eigenvalue weighted by atomic mass is 31.2. The van der Waals surface area contributed by atoms with E-state index in [4.69, 9.17) is 13.8 Å². The fourth-order valence-corrected chi connectivity index (χ4v) is 5.76. The van der Waals surface area contributed by atoms with Crippen molar-refractivity contribution in [3.8, 4) is 0 Å². The zero-order chi connectivity index (χ0) is 39.3. The van der Waals surface area contributed by atoms with Crippen LogP contribution in [-0.4, -0.2) is 64.9 Å². The van der Waals surface area contributed by atoms with E-state index in [0.29, 0.717) is 12.8 Å². The molecule has 3 unspecified atom stereocenters. The average Bonchev–Trinajstić information content (AvgIpc) is 3.13. The second kappa shape index (κ2) is 36.2. The molecule has 0 fully saturated rings. The third-order valence-electron chi connectivity index (χ3n) is 8.07. The third-order valence-corrected chi connectivity index (χ3v) is 9.02. The van der Waals surface area contributed by atoms with E-state index in [-0.39, 0.29) is 12.8 Å². The molecule has 0 aromatic rings. The number of amides is 1. The number of aliphatic hydroxyl groups is 1. The summed E-state index contributed by atoms with van der Waals surface area (Å²) >= 11 is 0. The summed E-state index contributed by atoms with van der Waals surface area (Å²) in [7, 11) is -4.76. The first-order valence-electron chi connectivity index (χ1n) is 19.8. The molecule has 0 aliphatic carbocycles. The number of allylic oxidation sites excluding steroid dienone is 10. The number of phosphoric ester groups is 1. The summed E-state index contributed by atoms with van der Waals surface area (Å²) in [6.45, 7) is 2.41. The quantitative estimate of drug-likeness (QED) is 0.0208. The molecule has 304 valence electrons. The summed E-state index contributed by atoms with van der Waals surface area (Å²) in [5.74, 6) is -2.43. The van der Waals surface area contributed by atoms with Gasteiger partial charge < -0.3 is 25.2 Å². The molecule has 0 saturated carbocycles. The molecule has 0 heterocycles. The Morgan fingerprint density at radius 1 is 0.623 bits per heavy atom. The third kappa shape index (κ3) is 36.0. The molecule has 11 nitrogen and oxygen atoms in total. The predicted octanol–water partition coefficient (Wildman–Crippen LogP) is 9.61. The number of carbonyl (C=O) groups excluding carboxylic acids is 2. The minimum absolute atomic E-state index is 0.104. The van der Waals surface area contributed by atoms with Crippen molar-refractivity contribution in [3.05, 3.63) is 60.8 Å². The molecule has 0 rings (SSSR count). The number of esters is 1. The zero-order valence-electron chi connectivity index (χ0n) is 32.5. The average molecular weight is 768 g/mol. The lowest BCUT2D eigenvalue weighted by Crippen LogP contribution is -2.43. The monoisotopic (exact) mass is 767 g/mol. The van der Waals surface area contributed by atoms with Gasteiger partial charge in [0, 0.05) is 12.8 Å². The van der Waals surface area contributed by atoms with E-state index in [1.165, 1.54) is 38.5 Å². The Kier molecular flexibility index (Phi) is 34.2. The topological polar surface area (TPSA) is 169 Å². The minimum Gasteiger partial charge on any atom is -0.480 e. The highest BCUT2D eigenvalue weighted by Gasteiger charge is 2.28. The van der Waals surface area contributed by atoms with Crippen LogP contribution in [0.4, 0.5) is 0 Å². The molecular formula is C41H70NO10P. The number of hydrogen-bond donors (Lipinski definition) is 4. The highest BCUT2D eigenvalue weighted by Crippen LogP contribution is 2.43. The maximum Gasteiger partial charge on any atom is 0.472 e. The molecule has 0 bridgehead atoms. The molecule has 0 spiro atoms. The molecule has 1 amide bonds. The molecule has 0 aliphatic heterocycles. The number of aliphatic carboxylic acids is 1. The number of phosphoric acid groups is 1. The largest absolute Gasteiger partial charge is 0.480 e. The van der Waals surface area contributed by atoms with Crippen LogP contribution in [-0.2, 0) is 32.7 Å². The van der Waals surface area contributed by atoms with Crippen molar-refractivity contribution in [1.29, 1.82) is 0 Å². The van der Waals surface area contributed by atoms with Crippen molar-refractivity contribution in [3.63, 3.8) is 0 Å². The van der Waals surface area contributed by atoms with Crippen LogP contribution >= 0.6 is 7.82 Å². The maximum absolute atomic E-state index is 12.3. The Bertz CT molecular complexity index is 1130. The number of hydrogen-bond acceptors (Lipinski definition) is 8. The first-order valence-corrected chi connectivity index (χ1v) is 21.3. The van der Waals surface area contributed by atoms with Crippen LogP contribution in [0.5, 0.6) is 0 Å². The smallest absolute Gasteiger partial charge is 0.472 e. The number of nitrogens with one attached hydrogen (secondary N) is 1. The zero-order valence-corrected chi connectivity index (χ0v) is 33.4. The predicted molar refractivity (Wildman–Crippen MR) is 212 cm³/mol. The fraction of sp³-hybridized carbons (Fsp3) is 0.683. The lowest BCUT2D eigenvalue weighted by Gasteiger charge is -2.18. The summed E-state index contributed by atoms with van der Waals surface area (Å²) in [4.78, 5) is 45.7. The Balaban J connectivity index is 4.04. The Labute approximate surface area is 319 Å². The number of rotatable bonds is 36. The van der Waals surface area contributed by atoms with E-state index < -0.39 is 57.6 Å². The summed E-state index contributed by atoms with van der Waals surface area (Å²) in [5, 5.41) is 21.7. The van der Waals surface area contributed by atoms with E-state index in [9.17, 15) is 34.1 Å². The van der Waals surface area contributed by atoms with Crippen molar-refractivity contribution in [2.45, 2.75) is 161 Å². The number of ether oxygens (including phenoxy) is 1. The summed E-state index contributed by atoms with van der Waals surface area (Å²) in [6.07, 6.45) is 39.7. The molecule has 0 aliphatic rings. The Hall–Kier alpha value is -2.82. The van der Waals surface area contributed by atoms with Gasteiger partial charge in [0.1, 0.15) is 12.7 Å². The number of carboxylic acids is 1. The van der Waals surface area contributed by atoms with Crippen molar-refractivity contribution >= 4 is 25.7 Å². The van der Waals surface area contributed by atoms with Crippen LogP contribution in [0.3, 0.4) is 0 Å². The van der Waals surface area contributed by atoms with Gasteiger partial charge in [0.25, 0.3) is 0 Å². The molecule has 3 atom stereocenters. The van der Waals surface area contributed by atoms with Gasteiger partial charge in [-0.1, -0.05) is 139 Å². The van der Waals surface area contributed by atoms with E-state index >= 15 is 0 Å². The van der Waals surface area contributed by atoms with E-state index in [1.54, 1.807) is 0 Å². The summed E-state index contributed by atoms with van der Waals surface area (Å²) in [6, 6.07) is -1.57. The lowest BCUT2D eigenvalue weighted by atomic mass is 10.1. The molecule has 0 saturated heterocycles. The normalized spacial score (nSPS) is 14.5. The number of aliphatic hydroxyl groups excluding tert-OH is 1. The molecule has 12 heteroatoms. The van der Waals surface area contributed by atoms with Crippen molar-refractivity contribution < 1.29 is 47.8 Å². The summed E-state index contributed by atoms with van der Waals surface area (Å²) < 4.78 is 26.7. The van der Waals surface area contributed by atoms with Gasteiger partial charge in [0.2, 0.25) is 5.91 Å². The van der Waals surface area contributed by atoms with E-state index in [2.05, 4.69) is 79.9 Å². The van der Waals surface area contributed by atoms with E-state index in [0.717, 1.165) is 70.6 Å². The van der Waals surface area contributed by atoms with Crippen LogP contribution in [0.1, 0.15) is 149 Å². The van der Waals surface area contributed by atoms with Crippen LogP contribution in [0.2, 0.25) is 0 Å².